The molecule has 15 heavy (non-hydrogen) atoms. The average molecular weight is 209 g/mol. The summed E-state index contributed by atoms with van der Waals surface area (Å²) in [6.45, 7) is 7.82. The number of piperidine rings is 2. The minimum atomic E-state index is 0.291. The third-order valence-electron chi connectivity index (χ3n) is 4.15. The van der Waals surface area contributed by atoms with Crippen molar-refractivity contribution in [3.05, 3.63) is 0 Å². The highest BCUT2D eigenvalue weighted by Crippen LogP contribution is 2.39. The van der Waals surface area contributed by atoms with E-state index < -0.39 is 0 Å². The van der Waals surface area contributed by atoms with Crippen molar-refractivity contribution in [2.75, 3.05) is 6.54 Å². The van der Waals surface area contributed by atoms with Crippen LogP contribution < -0.4 is 0 Å². The summed E-state index contributed by atoms with van der Waals surface area (Å²) in [5.41, 5.74) is 0.291. The van der Waals surface area contributed by atoms with E-state index in [1.807, 2.05) is 0 Å². The lowest BCUT2D eigenvalue weighted by molar-refractivity contribution is -0.142. The van der Waals surface area contributed by atoms with E-state index in [1.54, 1.807) is 0 Å². The van der Waals surface area contributed by atoms with Gasteiger partial charge in [0.2, 0.25) is 5.91 Å². The average Bonchev–Trinajstić information content (AvgIpc) is 2.16. The van der Waals surface area contributed by atoms with Crippen molar-refractivity contribution in [3.8, 4) is 0 Å². The first-order valence-electron chi connectivity index (χ1n) is 6.28. The molecule has 0 aromatic carbocycles. The Morgan fingerprint density at radius 2 is 2.00 bits per heavy atom. The molecule has 0 aromatic rings. The van der Waals surface area contributed by atoms with Crippen LogP contribution in [-0.4, -0.2) is 23.4 Å². The molecule has 2 aliphatic rings. The van der Waals surface area contributed by atoms with Crippen molar-refractivity contribution in [3.63, 3.8) is 0 Å². The van der Waals surface area contributed by atoms with Crippen LogP contribution in [0.2, 0.25) is 0 Å². The number of carbonyl (C=O) groups excluding carboxylic acids is 1. The third-order valence-corrected chi connectivity index (χ3v) is 4.15. The Kier molecular flexibility index (Phi) is 2.78. The lowest BCUT2D eigenvalue weighted by Gasteiger charge is -2.45. The summed E-state index contributed by atoms with van der Waals surface area (Å²) in [7, 11) is 0. The molecule has 1 amide bonds. The van der Waals surface area contributed by atoms with E-state index in [-0.39, 0.29) is 0 Å². The first-order valence-corrected chi connectivity index (χ1v) is 6.28. The van der Waals surface area contributed by atoms with Gasteiger partial charge in [-0.05, 0) is 37.0 Å². The molecule has 2 rings (SSSR count). The van der Waals surface area contributed by atoms with Crippen LogP contribution in [0, 0.1) is 11.3 Å². The van der Waals surface area contributed by atoms with Crippen LogP contribution in [0.25, 0.3) is 0 Å². The minimum Gasteiger partial charge on any atom is -0.340 e. The highest BCUT2D eigenvalue weighted by molar-refractivity contribution is 5.77. The number of amides is 1. The van der Waals surface area contributed by atoms with Crippen LogP contribution in [0.3, 0.4) is 0 Å². The van der Waals surface area contributed by atoms with Gasteiger partial charge in [0.15, 0.2) is 0 Å². The molecule has 0 bridgehead atoms. The molecule has 0 aliphatic carbocycles. The molecule has 0 N–H and O–H groups in total. The van der Waals surface area contributed by atoms with Crippen molar-refractivity contribution in [2.24, 2.45) is 11.3 Å². The largest absolute Gasteiger partial charge is 0.340 e. The van der Waals surface area contributed by atoms with Crippen LogP contribution in [0.5, 0.6) is 0 Å². The zero-order valence-corrected chi connectivity index (χ0v) is 10.3. The molecule has 0 radical (unpaired) electrons. The van der Waals surface area contributed by atoms with Gasteiger partial charge in [0.1, 0.15) is 0 Å². The van der Waals surface area contributed by atoms with E-state index in [9.17, 15) is 4.79 Å². The number of rotatable bonds is 0. The summed E-state index contributed by atoms with van der Waals surface area (Å²) >= 11 is 0. The van der Waals surface area contributed by atoms with Crippen LogP contribution in [0.15, 0.2) is 0 Å². The fourth-order valence-corrected chi connectivity index (χ4v) is 2.97. The third kappa shape index (κ3) is 2.19. The van der Waals surface area contributed by atoms with Crippen molar-refractivity contribution in [2.45, 2.75) is 58.9 Å². The molecule has 86 valence electrons. The number of nitrogens with zero attached hydrogens (tertiary/aromatic N) is 1. The van der Waals surface area contributed by atoms with E-state index in [0.29, 0.717) is 23.3 Å². The van der Waals surface area contributed by atoms with Crippen molar-refractivity contribution in [1.82, 2.24) is 4.90 Å². The molecule has 2 aliphatic heterocycles. The topological polar surface area (TPSA) is 20.3 Å². The zero-order chi connectivity index (χ0) is 11.1. The first kappa shape index (κ1) is 11.0. The monoisotopic (exact) mass is 209 g/mol. The van der Waals surface area contributed by atoms with Gasteiger partial charge in [-0.15, -0.1) is 0 Å². The molecular formula is C13H23NO. The molecule has 2 heterocycles. The van der Waals surface area contributed by atoms with Crippen LogP contribution in [0.1, 0.15) is 52.9 Å². The normalized spacial score (nSPS) is 32.7. The fraction of sp³-hybridized carbons (Fsp3) is 0.923. The van der Waals surface area contributed by atoms with Gasteiger partial charge in [-0.2, -0.15) is 0 Å². The number of hydrogen-bond acceptors (Lipinski definition) is 1. The molecule has 2 atom stereocenters. The van der Waals surface area contributed by atoms with E-state index in [0.717, 1.165) is 13.0 Å². The van der Waals surface area contributed by atoms with E-state index >= 15 is 0 Å². The van der Waals surface area contributed by atoms with E-state index in [4.69, 9.17) is 0 Å². The lowest BCUT2D eigenvalue weighted by Crippen LogP contribution is -2.50. The van der Waals surface area contributed by atoms with Crippen molar-refractivity contribution >= 4 is 5.91 Å². The smallest absolute Gasteiger partial charge is 0.223 e. The van der Waals surface area contributed by atoms with Gasteiger partial charge in [-0.25, -0.2) is 0 Å². The standard InChI is InChI=1S/C13H23NO/c1-13(2,3)10-8-11-6-4-5-7-14(11)12(15)9-10/h10-11H,4-9H2,1-3H3. The highest BCUT2D eigenvalue weighted by Gasteiger charge is 2.39. The maximum Gasteiger partial charge on any atom is 0.223 e. The molecule has 2 nitrogen and oxygen atoms in total. The highest BCUT2D eigenvalue weighted by atomic mass is 16.2. The Morgan fingerprint density at radius 3 is 2.67 bits per heavy atom. The quantitative estimate of drug-likeness (QED) is 0.601. The second-order valence-corrected chi connectivity index (χ2v) is 6.24. The minimum absolute atomic E-state index is 0.291. The van der Waals surface area contributed by atoms with Gasteiger partial charge in [0, 0.05) is 19.0 Å². The molecule has 2 heteroatoms. The zero-order valence-electron chi connectivity index (χ0n) is 10.3. The van der Waals surface area contributed by atoms with Crippen LogP contribution >= 0.6 is 0 Å². The van der Waals surface area contributed by atoms with Gasteiger partial charge in [0.05, 0.1) is 0 Å². The molecule has 2 unspecified atom stereocenters. The van der Waals surface area contributed by atoms with Crippen LogP contribution in [0.4, 0.5) is 0 Å². The second kappa shape index (κ2) is 3.80. The summed E-state index contributed by atoms with van der Waals surface area (Å²) in [5.74, 6) is 0.996. The maximum atomic E-state index is 12.0. The molecular weight excluding hydrogens is 186 g/mol. The van der Waals surface area contributed by atoms with Crippen molar-refractivity contribution in [1.29, 1.82) is 0 Å². The molecule has 0 saturated carbocycles. The molecule has 0 aromatic heterocycles. The summed E-state index contributed by atoms with van der Waals surface area (Å²) in [5, 5.41) is 0. The SMILES string of the molecule is CC(C)(C)C1CC(=O)N2CCCCC2C1. The van der Waals surface area contributed by atoms with Gasteiger partial charge in [-0.3, -0.25) is 4.79 Å². The number of fused-ring (bicyclic) bond motifs is 1. The van der Waals surface area contributed by atoms with Crippen LogP contribution in [-0.2, 0) is 4.79 Å². The van der Waals surface area contributed by atoms with Gasteiger partial charge in [-0.1, -0.05) is 20.8 Å². The lowest BCUT2D eigenvalue weighted by atomic mass is 9.71. The second-order valence-electron chi connectivity index (χ2n) is 6.24. The van der Waals surface area contributed by atoms with Gasteiger partial charge in [0.25, 0.3) is 0 Å². The van der Waals surface area contributed by atoms with E-state index in [1.165, 1.54) is 25.7 Å². The fourth-order valence-electron chi connectivity index (χ4n) is 2.97. The van der Waals surface area contributed by atoms with Gasteiger partial charge < -0.3 is 4.90 Å². The first-order chi connectivity index (χ1) is 6.98. The Morgan fingerprint density at radius 1 is 1.27 bits per heavy atom. The predicted molar refractivity (Wildman–Crippen MR) is 61.5 cm³/mol. The summed E-state index contributed by atoms with van der Waals surface area (Å²) in [4.78, 5) is 14.2. The maximum absolute atomic E-state index is 12.0. The summed E-state index contributed by atoms with van der Waals surface area (Å²) in [6, 6.07) is 0.559. The molecule has 2 fully saturated rings. The Labute approximate surface area is 93.0 Å². The Balaban J connectivity index is 2.08. The van der Waals surface area contributed by atoms with Gasteiger partial charge >= 0.3 is 0 Å². The Hall–Kier alpha value is -0.530. The number of hydrogen-bond donors (Lipinski definition) is 0. The summed E-state index contributed by atoms with van der Waals surface area (Å²) < 4.78 is 0. The van der Waals surface area contributed by atoms with E-state index in [2.05, 4.69) is 25.7 Å². The number of carbonyl (C=O) groups is 1. The summed E-state index contributed by atoms with van der Waals surface area (Å²) in [6.07, 6.45) is 5.77. The van der Waals surface area contributed by atoms with Crippen molar-refractivity contribution < 1.29 is 4.79 Å². The molecule has 0 spiro atoms. The predicted octanol–water partition coefficient (Wildman–Crippen LogP) is 2.82. The Bertz CT molecular complexity index is 254. The molecule has 2 saturated heterocycles.